The first-order valence-corrected chi connectivity index (χ1v) is 11.0. The molecular weight excluding hydrogens is 421 g/mol. The highest BCUT2D eigenvalue weighted by molar-refractivity contribution is 6.13. The van der Waals surface area contributed by atoms with Gasteiger partial charge in [0.15, 0.2) is 5.82 Å². The summed E-state index contributed by atoms with van der Waals surface area (Å²) in [6.07, 6.45) is 4.93. The van der Waals surface area contributed by atoms with Gasteiger partial charge in [0.2, 0.25) is 0 Å². The van der Waals surface area contributed by atoms with Gasteiger partial charge in [0, 0.05) is 61.9 Å². The highest BCUT2D eigenvalue weighted by atomic mass is 19.1. The SMILES string of the molecule is CC1CN(c2ccc(C(=O)Nc3cc(F)c4nn(C)cc4c3)c3nccnc23)CC(C)N1C. The van der Waals surface area contributed by atoms with Crippen molar-refractivity contribution in [2.24, 2.45) is 7.05 Å². The molecule has 1 N–H and O–H groups in total. The number of hydrogen-bond acceptors (Lipinski definition) is 6. The van der Waals surface area contributed by atoms with E-state index in [1.165, 1.54) is 6.07 Å². The summed E-state index contributed by atoms with van der Waals surface area (Å²) in [6, 6.07) is 7.47. The summed E-state index contributed by atoms with van der Waals surface area (Å²) in [5, 5.41) is 7.53. The molecule has 170 valence electrons. The number of anilines is 2. The number of likely N-dealkylation sites (N-methyl/N-ethyl adjacent to an activating group) is 1. The number of piperazine rings is 1. The summed E-state index contributed by atoms with van der Waals surface area (Å²) in [4.78, 5) is 26.9. The molecule has 5 rings (SSSR count). The summed E-state index contributed by atoms with van der Waals surface area (Å²) >= 11 is 0. The molecule has 9 heteroatoms. The molecule has 1 fully saturated rings. The molecule has 2 aromatic heterocycles. The van der Waals surface area contributed by atoms with E-state index in [1.807, 2.05) is 6.07 Å². The second kappa shape index (κ2) is 8.08. The van der Waals surface area contributed by atoms with E-state index in [1.54, 1.807) is 42.5 Å². The highest BCUT2D eigenvalue weighted by Crippen LogP contribution is 2.30. The predicted molar refractivity (Wildman–Crippen MR) is 127 cm³/mol. The van der Waals surface area contributed by atoms with Crippen LogP contribution in [-0.2, 0) is 7.05 Å². The number of halogens is 1. The third kappa shape index (κ3) is 3.78. The Morgan fingerprint density at radius 1 is 1.03 bits per heavy atom. The number of carbonyl (C=O) groups excluding carboxylic acids is 1. The molecule has 33 heavy (non-hydrogen) atoms. The van der Waals surface area contributed by atoms with Gasteiger partial charge < -0.3 is 10.2 Å². The number of rotatable bonds is 3. The lowest BCUT2D eigenvalue weighted by Gasteiger charge is -2.43. The minimum absolute atomic E-state index is 0.270. The van der Waals surface area contributed by atoms with Gasteiger partial charge in [-0.3, -0.25) is 24.3 Å². The van der Waals surface area contributed by atoms with Crippen LogP contribution in [0.25, 0.3) is 21.9 Å². The van der Waals surface area contributed by atoms with Crippen LogP contribution in [0.5, 0.6) is 0 Å². The number of fused-ring (bicyclic) bond motifs is 2. The van der Waals surface area contributed by atoms with Crippen LogP contribution < -0.4 is 10.2 Å². The number of aryl methyl sites for hydroxylation is 1. The number of benzene rings is 2. The van der Waals surface area contributed by atoms with Crippen molar-refractivity contribution in [3.8, 4) is 0 Å². The lowest BCUT2D eigenvalue weighted by atomic mass is 10.1. The first-order valence-electron chi connectivity index (χ1n) is 11.0. The number of aromatic nitrogens is 4. The fourth-order valence-electron chi connectivity index (χ4n) is 4.56. The molecule has 1 amide bonds. The van der Waals surface area contributed by atoms with Crippen molar-refractivity contribution in [2.45, 2.75) is 25.9 Å². The van der Waals surface area contributed by atoms with Crippen LogP contribution in [0.4, 0.5) is 15.8 Å². The van der Waals surface area contributed by atoms with Gasteiger partial charge in [-0.15, -0.1) is 0 Å². The van der Waals surface area contributed by atoms with Crippen LogP contribution in [-0.4, -0.2) is 62.8 Å². The predicted octanol–water partition coefficient (Wildman–Crippen LogP) is 3.44. The van der Waals surface area contributed by atoms with Crippen LogP contribution in [0.2, 0.25) is 0 Å². The molecule has 0 radical (unpaired) electrons. The van der Waals surface area contributed by atoms with Crippen molar-refractivity contribution in [3.05, 3.63) is 54.2 Å². The Morgan fingerprint density at radius 2 is 1.73 bits per heavy atom. The zero-order valence-electron chi connectivity index (χ0n) is 19.1. The first kappa shape index (κ1) is 21.3. The van der Waals surface area contributed by atoms with Crippen molar-refractivity contribution in [1.82, 2.24) is 24.6 Å². The van der Waals surface area contributed by atoms with Gasteiger partial charge >= 0.3 is 0 Å². The van der Waals surface area contributed by atoms with Gasteiger partial charge in [-0.05, 0) is 45.2 Å². The third-order valence-electron chi connectivity index (χ3n) is 6.48. The van der Waals surface area contributed by atoms with Crippen LogP contribution >= 0.6 is 0 Å². The molecule has 1 aliphatic rings. The average Bonchev–Trinajstić information content (AvgIpc) is 3.17. The summed E-state index contributed by atoms with van der Waals surface area (Å²) in [6.45, 7) is 6.14. The molecule has 2 aromatic carbocycles. The van der Waals surface area contributed by atoms with E-state index in [2.05, 4.69) is 51.1 Å². The monoisotopic (exact) mass is 447 g/mol. The normalized spacial score (nSPS) is 19.4. The van der Waals surface area contributed by atoms with Crippen LogP contribution in [0.3, 0.4) is 0 Å². The van der Waals surface area contributed by atoms with Crippen LogP contribution in [0.1, 0.15) is 24.2 Å². The molecule has 2 atom stereocenters. The smallest absolute Gasteiger partial charge is 0.257 e. The maximum atomic E-state index is 14.5. The molecule has 3 heterocycles. The van der Waals surface area contributed by atoms with Crippen LogP contribution in [0.15, 0.2) is 42.9 Å². The Hall–Kier alpha value is -3.59. The topological polar surface area (TPSA) is 79.2 Å². The van der Waals surface area contributed by atoms with Crippen molar-refractivity contribution < 1.29 is 9.18 Å². The van der Waals surface area contributed by atoms with Crippen molar-refractivity contribution in [1.29, 1.82) is 0 Å². The zero-order chi connectivity index (χ0) is 23.3. The first-order chi connectivity index (χ1) is 15.8. The lowest BCUT2D eigenvalue weighted by Crippen LogP contribution is -2.55. The van der Waals surface area contributed by atoms with Gasteiger partial charge in [-0.1, -0.05) is 0 Å². The second-order valence-electron chi connectivity index (χ2n) is 8.81. The molecule has 1 aliphatic heterocycles. The number of hydrogen-bond donors (Lipinski definition) is 1. The van der Waals surface area contributed by atoms with Gasteiger partial charge in [0.05, 0.1) is 11.3 Å². The Kier molecular flexibility index (Phi) is 5.20. The molecule has 0 saturated carbocycles. The highest BCUT2D eigenvalue weighted by Gasteiger charge is 2.28. The van der Waals surface area contributed by atoms with Crippen LogP contribution in [0, 0.1) is 5.82 Å². The van der Waals surface area contributed by atoms with E-state index < -0.39 is 5.82 Å². The molecule has 4 aromatic rings. The van der Waals surface area contributed by atoms with Crippen molar-refractivity contribution in [2.75, 3.05) is 30.4 Å². The number of nitrogens with zero attached hydrogens (tertiary/aromatic N) is 6. The number of nitrogens with one attached hydrogen (secondary N) is 1. The quantitative estimate of drug-likeness (QED) is 0.518. The van der Waals surface area contributed by atoms with E-state index in [9.17, 15) is 9.18 Å². The second-order valence-corrected chi connectivity index (χ2v) is 8.81. The average molecular weight is 448 g/mol. The Balaban J connectivity index is 1.49. The van der Waals surface area contributed by atoms with Gasteiger partial charge in [0.25, 0.3) is 5.91 Å². The molecular formula is C24H26FN7O. The molecule has 0 bridgehead atoms. The fourth-order valence-corrected chi connectivity index (χ4v) is 4.56. The molecule has 1 saturated heterocycles. The molecule has 0 aliphatic carbocycles. The standard InChI is InChI=1S/C24H26FN7O/c1-14-11-32(12-15(2)31(14)4)20-6-5-18(22-23(20)27-8-7-26-22)24(33)28-17-9-16-13-30(3)29-21(16)19(25)10-17/h5-10,13-15H,11-12H2,1-4H3,(H,28,33). The molecule has 0 spiro atoms. The van der Waals surface area contributed by atoms with E-state index in [0.717, 1.165) is 18.8 Å². The van der Waals surface area contributed by atoms with Gasteiger partial charge in [0.1, 0.15) is 16.6 Å². The largest absolute Gasteiger partial charge is 0.367 e. The Morgan fingerprint density at radius 3 is 2.45 bits per heavy atom. The summed E-state index contributed by atoms with van der Waals surface area (Å²) < 4.78 is 16.0. The van der Waals surface area contributed by atoms with E-state index in [4.69, 9.17) is 0 Å². The van der Waals surface area contributed by atoms with Crippen molar-refractivity contribution >= 4 is 39.2 Å². The Bertz CT molecular complexity index is 1360. The Labute approximate surface area is 191 Å². The maximum absolute atomic E-state index is 14.5. The molecule has 2 unspecified atom stereocenters. The fraction of sp³-hybridized carbons (Fsp3) is 0.333. The maximum Gasteiger partial charge on any atom is 0.257 e. The summed E-state index contributed by atoms with van der Waals surface area (Å²) in [7, 11) is 3.87. The number of amides is 1. The minimum atomic E-state index is -0.485. The van der Waals surface area contributed by atoms with Gasteiger partial charge in [-0.2, -0.15) is 5.10 Å². The minimum Gasteiger partial charge on any atom is -0.367 e. The third-order valence-corrected chi connectivity index (χ3v) is 6.48. The lowest BCUT2D eigenvalue weighted by molar-refractivity contribution is 0.102. The summed E-state index contributed by atoms with van der Waals surface area (Å²) in [5.74, 6) is -0.850. The van der Waals surface area contributed by atoms with Crippen molar-refractivity contribution in [3.63, 3.8) is 0 Å². The number of carbonyl (C=O) groups is 1. The molecule has 8 nitrogen and oxygen atoms in total. The van der Waals surface area contributed by atoms with Gasteiger partial charge in [-0.25, -0.2) is 4.39 Å². The summed E-state index contributed by atoms with van der Waals surface area (Å²) in [5.41, 5.74) is 3.19. The van der Waals surface area contributed by atoms with E-state index in [0.29, 0.717) is 39.8 Å². The van der Waals surface area contributed by atoms with E-state index in [-0.39, 0.29) is 11.4 Å². The zero-order valence-corrected chi connectivity index (χ0v) is 19.1. The van der Waals surface area contributed by atoms with E-state index >= 15 is 0 Å².